The van der Waals surface area contributed by atoms with Crippen LogP contribution in [0.2, 0.25) is 0 Å². The molecule has 3 rings (SSSR count). The molecular formula is C14H17NO4. The zero-order valence-corrected chi connectivity index (χ0v) is 10.9. The highest BCUT2D eigenvalue weighted by atomic mass is 16.5. The number of hydrogen-bond acceptors (Lipinski definition) is 4. The summed E-state index contributed by atoms with van der Waals surface area (Å²) in [6.45, 7) is 1.73. The maximum atomic E-state index is 12.6. The van der Waals surface area contributed by atoms with E-state index in [1.54, 1.807) is 12.1 Å². The smallest absolute Gasteiger partial charge is 0.258 e. The molecule has 1 spiro atoms. The Hall–Kier alpha value is -1.75. The molecule has 1 heterocycles. The maximum Gasteiger partial charge on any atom is 0.258 e. The molecular weight excluding hydrogens is 246 g/mol. The molecule has 5 nitrogen and oxygen atoms in total. The normalized spacial score (nSPS) is 20.4. The Morgan fingerprint density at radius 3 is 2.95 bits per heavy atom. The van der Waals surface area contributed by atoms with Gasteiger partial charge in [-0.1, -0.05) is 0 Å². The van der Waals surface area contributed by atoms with Crippen molar-refractivity contribution in [1.29, 1.82) is 0 Å². The van der Waals surface area contributed by atoms with Gasteiger partial charge in [-0.05, 0) is 31.0 Å². The van der Waals surface area contributed by atoms with Crippen LogP contribution in [0.4, 0.5) is 0 Å². The topological polar surface area (TPSA) is 59.0 Å². The second-order valence-electron chi connectivity index (χ2n) is 5.12. The molecule has 5 heteroatoms. The first kappa shape index (κ1) is 12.3. The largest absolute Gasteiger partial charge is 0.507 e. The number of aromatic hydroxyl groups is 1. The Kier molecular flexibility index (Phi) is 2.86. The van der Waals surface area contributed by atoms with Crippen LogP contribution >= 0.6 is 0 Å². The summed E-state index contributed by atoms with van der Waals surface area (Å²) >= 11 is 0. The lowest BCUT2D eigenvalue weighted by Gasteiger charge is -2.36. The summed E-state index contributed by atoms with van der Waals surface area (Å²) in [5.74, 6) is 0.421. The molecule has 0 bridgehead atoms. The number of ether oxygens (including phenoxy) is 2. The molecule has 2 fully saturated rings. The molecule has 0 radical (unpaired) electrons. The van der Waals surface area contributed by atoms with Gasteiger partial charge in [-0.3, -0.25) is 4.79 Å². The summed E-state index contributed by atoms with van der Waals surface area (Å²) in [6.07, 6.45) is 1.95. The minimum atomic E-state index is -0.141. The molecule has 1 amide bonds. The summed E-state index contributed by atoms with van der Waals surface area (Å²) in [5, 5.41) is 9.89. The van der Waals surface area contributed by atoms with Crippen molar-refractivity contribution in [1.82, 2.24) is 4.90 Å². The quantitative estimate of drug-likeness (QED) is 0.876. The van der Waals surface area contributed by atoms with Crippen molar-refractivity contribution in [2.24, 2.45) is 0 Å². The van der Waals surface area contributed by atoms with Crippen LogP contribution in [-0.4, -0.2) is 48.3 Å². The van der Waals surface area contributed by atoms with Gasteiger partial charge in [-0.15, -0.1) is 0 Å². The summed E-state index contributed by atoms with van der Waals surface area (Å²) in [6, 6.07) is 4.72. The summed E-state index contributed by atoms with van der Waals surface area (Å²) in [4.78, 5) is 14.4. The number of hydrogen-bond donors (Lipinski definition) is 1. The fourth-order valence-corrected chi connectivity index (χ4v) is 2.57. The van der Waals surface area contributed by atoms with E-state index in [0.29, 0.717) is 31.1 Å². The molecule has 19 heavy (non-hydrogen) atoms. The minimum absolute atomic E-state index is 0.00640. The number of morpholine rings is 1. The third-order valence-electron chi connectivity index (χ3n) is 3.91. The molecule has 2 aliphatic rings. The maximum absolute atomic E-state index is 12.6. The van der Waals surface area contributed by atoms with E-state index in [0.717, 1.165) is 12.8 Å². The fourth-order valence-electron chi connectivity index (χ4n) is 2.57. The van der Waals surface area contributed by atoms with Crippen molar-refractivity contribution >= 4 is 5.91 Å². The molecule has 1 aliphatic carbocycles. The van der Waals surface area contributed by atoms with Crippen LogP contribution in [-0.2, 0) is 4.74 Å². The number of nitrogens with zero attached hydrogens (tertiary/aromatic N) is 1. The highest BCUT2D eigenvalue weighted by Gasteiger charge is 2.52. The molecule has 1 N–H and O–H groups in total. The van der Waals surface area contributed by atoms with Crippen LogP contribution in [0.25, 0.3) is 0 Å². The highest BCUT2D eigenvalue weighted by molar-refractivity contribution is 5.98. The van der Waals surface area contributed by atoms with Gasteiger partial charge < -0.3 is 19.5 Å². The van der Waals surface area contributed by atoms with Crippen molar-refractivity contribution in [3.63, 3.8) is 0 Å². The number of methoxy groups -OCH3 is 1. The van der Waals surface area contributed by atoms with E-state index in [-0.39, 0.29) is 17.2 Å². The predicted molar refractivity (Wildman–Crippen MR) is 68.5 cm³/mol. The standard InChI is InChI=1S/C14H17NO4/c1-18-10-2-3-12(16)11(8-10)13(17)15-6-7-19-9-14(15)4-5-14/h2-3,8,16H,4-7,9H2,1H3. The Balaban J connectivity index is 1.91. The third kappa shape index (κ3) is 2.04. The Morgan fingerprint density at radius 2 is 2.26 bits per heavy atom. The van der Waals surface area contributed by atoms with E-state index >= 15 is 0 Å². The van der Waals surface area contributed by atoms with Crippen molar-refractivity contribution in [2.45, 2.75) is 18.4 Å². The van der Waals surface area contributed by atoms with E-state index in [2.05, 4.69) is 0 Å². The van der Waals surface area contributed by atoms with Gasteiger partial charge in [0.25, 0.3) is 5.91 Å². The second-order valence-corrected chi connectivity index (χ2v) is 5.12. The lowest BCUT2D eigenvalue weighted by atomic mass is 10.1. The van der Waals surface area contributed by atoms with Crippen LogP contribution in [0.5, 0.6) is 11.5 Å². The van der Waals surface area contributed by atoms with Crippen molar-refractivity contribution in [2.75, 3.05) is 26.9 Å². The number of carbonyl (C=O) groups excluding carboxylic acids is 1. The predicted octanol–water partition coefficient (Wildman–Crippen LogP) is 1.41. The molecule has 1 aromatic carbocycles. The van der Waals surface area contributed by atoms with Crippen molar-refractivity contribution in [3.05, 3.63) is 23.8 Å². The first-order chi connectivity index (χ1) is 9.16. The van der Waals surface area contributed by atoms with Gasteiger partial charge in [0.2, 0.25) is 0 Å². The number of amides is 1. The molecule has 0 atom stereocenters. The minimum Gasteiger partial charge on any atom is -0.507 e. The zero-order valence-electron chi connectivity index (χ0n) is 10.9. The monoisotopic (exact) mass is 263 g/mol. The van der Waals surface area contributed by atoms with E-state index in [1.165, 1.54) is 13.2 Å². The fraction of sp³-hybridized carbons (Fsp3) is 0.500. The molecule has 1 saturated heterocycles. The number of phenolic OH excluding ortho intramolecular Hbond substituents is 1. The van der Waals surface area contributed by atoms with E-state index in [9.17, 15) is 9.90 Å². The number of benzene rings is 1. The highest BCUT2D eigenvalue weighted by Crippen LogP contribution is 2.44. The summed E-state index contributed by atoms with van der Waals surface area (Å²) < 4.78 is 10.6. The molecule has 1 saturated carbocycles. The Labute approximate surface area is 111 Å². The van der Waals surface area contributed by atoms with Crippen molar-refractivity contribution < 1.29 is 19.4 Å². The zero-order chi connectivity index (χ0) is 13.5. The van der Waals surface area contributed by atoms with E-state index in [1.807, 2.05) is 4.90 Å². The first-order valence-electron chi connectivity index (χ1n) is 6.43. The van der Waals surface area contributed by atoms with E-state index < -0.39 is 0 Å². The van der Waals surface area contributed by atoms with Gasteiger partial charge >= 0.3 is 0 Å². The lowest BCUT2D eigenvalue weighted by Crippen LogP contribution is -2.50. The first-order valence-corrected chi connectivity index (χ1v) is 6.43. The van der Waals surface area contributed by atoms with E-state index in [4.69, 9.17) is 9.47 Å². The average molecular weight is 263 g/mol. The summed E-state index contributed by atoms with van der Waals surface area (Å²) in [7, 11) is 1.54. The number of carbonyl (C=O) groups is 1. The van der Waals surface area contributed by atoms with Crippen LogP contribution in [0, 0.1) is 0 Å². The molecule has 102 valence electrons. The van der Waals surface area contributed by atoms with Gasteiger partial charge in [-0.25, -0.2) is 0 Å². The third-order valence-corrected chi connectivity index (χ3v) is 3.91. The van der Waals surface area contributed by atoms with Crippen LogP contribution < -0.4 is 4.74 Å². The Morgan fingerprint density at radius 1 is 1.47 bits per heavy atom. The van der Waals surface area contributed by atoms with Gasteiger partial charge in [-0.2, -0.15) is 0 Å². The second kappa shape index (κ2) is 4.42. The number of phenols is 1. The SMILES string of the molecule is COc1ccc(O)c(C(=O)N2CCOCC23CC3)c1. The average Bonchev–Trinajstić information content (AvgIpc) is 3.19. The van der Waals surface area contributed by atoms with Crippen LogP contribution in [0.1, 0.15) is 23.2 Å². The van der Waals surface area contributed by atoms with Crippen molar-refractivity contribution in [3.8, 4) is 11.5 Å². The van der Waals surface area contributed by atoms with Gasteiger partial charge in [0.15, 0.2) is 0 Å². The number of rotatable bonds is 2. The molecule has 0 aromatic heterocycles. The van der Waals surface area contributed by atoms with Gasteiger partial charge in [0.1, 0.15) is 11.5 Å². The van der Waals surface area contributed by atoms with Crippen LogP contribution in [0.15, 0.2) is 18.2 Å². The van der Waals surface area contributed by atoms with Crippen LogP contribution in [0.3, 0.4) is 0 Å². The lowest BCUT2D eigenvalue weighted by molar-refractivity contribution is -0.0119. The van der Waals surface area contributed by atoms with Gasteiger partial charge in [0, 0.05) is 6.54 Å². The Bertz CT molecular complexity index is 510. The summed E-state index contributed by atoms with van der Waals surface area (Å²) in [5.41, 5.74) is 0.165. The van der Waals surface area contributed by atoms with Gasteiger partial charge in [0.05, 0.1) is 31.4 Å². The molecule has 0 unspecified atom stereocenters. The molecule has 1 aromatic rings. The molecule has 1 aliphatic heterocycles.